The van der Waals surface area contributed by atoms with Gasteiger partial charge in [0.15, 0.2) is 5.72 Å². The van der Waals surface area contributed by atoms with Crippen molar-refractivity contribution in [1.82, 2.24) is 15.5 Å². The topological polar surface area (TPSA) is 79.9 Å². The average Bonchev–Trinajstić information content (AvgIpc) is 2.70. The van der Waals surface area contributed by atoms with Gasteiger partial charge in [-0.05, 0) is 64.4 Å². The molecule has 29 heavy (non-hydrogen) atoms. The fourth-order valence-corrected chi connectivity index (χ4v) is 5.18. The van der Waals surface area contributed by atoms with Crippen molar-refractivity contribution in [2.24, 2.45) is 17.8 Å². The van der Waals surface area contributed by atoms with Gasteiger partial charge in [-0.2, -0.15) is 0 Å². The van der Waals surface area contributed by atoms with Gasteiger partial charge in [-0.1, -0.05) is 0 Å². The third kappa shape index (κ3) is 3.80. The molecule has 5 rings (SSSR count). The lowest BCUT2D eigenvalue weighted by molar-refractivity contribution is -0.146. The normalized spacial score (nSPS) is 29.9. The highest BCUT2D eigenvalue weighted by atomic mass is 16.5. The van der Waals surface area contributed by atoms with Gasteiger partial charge in [0.2, 0.25) is 5.91 Å². The summed E-state index contributed by atoms with van der Waals surface area (Å²) in [7, 11) is 5.67. The lowest BCUT2D eigenvalue weighted by Crippen LogP contribution is -2.66. The Balaban J connectivity index is 1.45. The van der Waals surface area contributed by atoms with E-state index in [1.807, 2.05) is 14.1 Å². The molecule has 4 aliphatic rings. The molecule has 0 saturated heterocycles. The third-order valence-electron chi connectivity index (χ3n) is 6.69. The van der Waals surface area contributed by atoms with Gasteiger partial charge in [-0.15, -0.1) is 0 Å². The van der Waals surface area contributed by atoms with Crippen molar-refractivity contribution in [1.29, 1.82) is 0 Å². The molecule has 1 aromatic rings. The predicted molar refractivity (Wildman–Crippen MR) is 109 cm³/mol. The van der Waals surface area contributed by atoms with Crippen LogP contribution in [0.4, 0.5) is 0 Å². The molecule has 2 bridgehead atoms. The summed E-state index contributed by atoms with van der Waals surface area (Å²) >= 11 is 0. The van der Waals surface area contributed by atoms with E-state index in [-0.39, 0.29) is 29.6 Å². The van der Waals surface area contributed by atoms with E-state index in [2.05, 4.69) is 15.5 Å². The molecule has 3 fully saturated rings. The Morgan fingerprint density at radius 1 is 1.38 bits per heavy atom. The molecule has 1 spiro atoms. The molecule has 7 heteroatoms. The number of fused-ring (bicyclic) bond motifs is 3. The summed E-state index contributed by atoms with van der Waals surface area (Å²) in [5, 5.41) is 6.26. The van der Waals surface area contributed by atoms with Gasteiger partial charge in [-0.3, -0.25) is 9.59 Å². The number of hydrogen-bond donors (Lipinski definition) is 2. The molecule has 0 unspecified atom stereocenters. The summed E-state index contributed by atoms with van der Waals surface area (Å²) in [6.45, 7) is 1.67. The van der Waals surface area contributed by atoms with Crippen molar-refractivity contribution < 1.29 is 19.1 Å². The maximum Gasteiger partial charge on any atom is 0.258 e. The van der Waals surface area contributed by atoms with E-state index in [9.17, 15) is 9.59 Å². The zero-order chi connectivity index (χ0) is 20.6. The van der Waals surface area contributed by atoms with Gasteiger partial charge in [0, 0.05) is 30.9 Å². The first-order valence-corrected chi connectivity index (χ1v) is 10.5. The molecule has 0 radical (unpaired) electrons. The summed E-state index contributed by atoms with van der Waals surface area (Å²) in [6, 6.07) is 5.29. The number of rotatable bonds is 6. The number of carbonyl (C=O) groups excluding carboxylic acids is 2. The molecule has 4 atom stereocenters. The zero-order valence-electron chi connectivity index (χ0n) is 17.5. The SMILES string of the molecule is COc1ccc2c(c1)O[C@]1(C[C@H]3CC[C@@H]1C[C@@H]3C(=O)NCCCN(C)C)NC2=O. The monoisotopic (exact) mass is 401 g/mol. The predicted octanol–water partition coefficient (Wildman–Crippen LogP) is 2.02. The standard InChI is InChI=1S/C22H31N3O4/c1-25(2)10-4-9-23-20(26)18-11-15-6-5-14(18)13-22(15)24-21(27)17-8-7-16(28-3)12-19(17)29-22/h7-8,12,14-15,18H,4-6,9-11,13H2,1-3H3,(H,23,26)(H,24,27)/t14-,15-,18+,22+/m1/s1. The number of hydrogen-bond acceptors (Lipinski definition) is 5. The number of nitrogens with one attached hydrogen (secondary N) is 2. The van der Waals surface area contributed by atoms with Crippen LogP contribution in [0.1, 0.15) is 42.5 Å². The molecule has 1 heterocycles. The summed E-state index contributed by atoms with van der Waals surface area (Å²) in [5.74, 6) is 1.65. The van der Waals surface area contributed by atoms with Crippen LogP contribution in [0.2, 0.25) is 0 Å². The number of amides is 2. The first-order valence-electron chi connectivity index (χ1n) is 10.5. The summed E-state index contributed by atoms with van der Waals surface area (Å²) < 4.78 is 11.7. The van der Waals surface area contributed by atoms with E-state index >= 15 is 0 Å². The highest BCUT2D eigenvalue weighted by Crippen LogP contribution is 2.52. The second kappa shape index (κ2) is 7.86. The molecule has 3 aliphatic carbocycles. The first-order chi connectivity index (χ1) is 13.9. The zero-order valence-corrected chi connectivity index (χ0v) is 17.5. The number of benzene rings is 1. The molecular formula is C22H31N3O4. The number of nitrogens with zero attached hydrogens (tertiary/aromatic N) is 1. The third-order valence-corrected chi connectivity index (χ3v) is 6.69. The van der Waals surface area contributed by atoms with Crippen LogP contribution >= 0.6 is 0 Å². The summed E-state index contributed by atoms with van der Waals surface area (Å²) in [6.07, 6.45) is 4.35. The molecule has 1 aromatic carbocycles. The molecule has 158 valence electrons. The highest BCUT2D eigenvalue weighted by molar-refractivity contribution is 5.98. The maximum absolute atomic E-state index is 12.8. The quantitative estimate of drug-likeness (QED) is 0.713. The fraction of sp³-hybridized carbons (Fsp3) is 0.636. The number of methoxy groups -OCH3 is 1. The molecule has 1 aliphatic heterocycles. The van der Waals surface area contributed by atoms with Gasteiger partial charge in [0.1, 0.15) is 11.5 Å². The van der Waals surface area contributed by atoms with Crippen LogP contribution in [0.3, 0.4) is 0 Å². The Labute approximate surface area is 172 Å². The molecule has 2 amide bonds. The van der Waals surface area contributed by atoms with E-state index in [0.29, 0.717) is 30.0 Å². The first kappa shape index (κ1) is 20.0. The van der Waals surface area contributed by atoms with Gasteiger partial charge in [0.25, 0.3) is 5.91 Å². The Kier molecular flexibility index (Phi) is 5.42. The number of carbonyl (C=O) groups is 2. The second-order valence-electron chi connectivity index (χ2n) is 8.84. The van der Waals surface area contributed by atoms with Crippen LogP contribution < -0.4 is 20.1 Å². The van der Waals surface area contributed by atoms with Gasteiger partial charge < -0.3 is 25.0 Å². The van der Waals surface area contributed by atoms with E-state index in [1.54, 1.807) is 25.3 Å². The Hall–Kier alpha value is -2.28. The fourth-order valence-electron chi connectivity index (χ4n) is 5.18. The van der Waals surface area contributed by atoms with E-state index in [0.717, 1.165) is 32.2 Å². The lowest BCUT2D eigenvalue weighted by atomic mass is 9.60. The average molecular weight is 402 g/mol. The minimum absolute atomic E-state index is 0.00550. The minimum atomic E-state index is -0.707. The van der Waals surface area contributed by atoms with Crippen LogP contribution in [-0.2, 0) is 4.79 Å². The van der Waals surface area contributed by atoms with Crippen LogP contribution in [-0.4, -0.2) is 56.7 Å². The van der Waals surface area contributed by atoms with Crippen LogP contribution in [0.25, 0.3) is 0 Å². The molecule has 0 aromatic heterocycles. The van der Waals surface area contributed by atoms with Crippen molar-refractivity contribution in [3.05, 3.63) is 23.8 Å². The van der Waals surface area contributed by atoms with Gasteiger partial charge in [0.05, 0.1) is 12.7 Å². The molecular weight excluding hydrogens is 370 g/mol. The van der Waals surface area contributed by atoms with Crippen molar-refractivity contribution in [2.75, 3.05) is 34.3 Å². The molecule has 2 N–H and O–H groups in total. The lowest BCUT2D eigenvalue weighted by Gasteiger charge is -2.55. The number of ether oxygens (including phenoxy) is 2. The summed E-state index contributed by atoms with van der Waals surface area (Å²) in [4.78, 5) is 27.7. The Bertz CT molecular complexity index is 796. The largest absolute Gasteiger partial charge is 0.497 e. The van der Waals surface area contributed by atoms with Crippen molar-refractivity contribution >= 4 is 11.8 Å². The van der Waals surface area contributed by atoms with Crippen molar-refractivity contribution in [3.8, 4) is 11.5 Å². The van der Waals surface area contributed by atoms with E-state index < -0.39 is 5.72 Å². The smallest absolute Gasteiger partial charge is 0.258 e. The maximum atomic E-state index is 12.8. The Morgan fingerprint density at radius 2 is 2.21 bits per heavy atom. The second-order valence-corrected chi connectivity index (χ2v) is 8.84. The van der Waals surface area contributed by atoms with Gasteiger partial charge in [-0.25, -0.2) is 0 Å². The van der Waals surface area contributed by atoms with Crippen molar-refractivity contribution in [3.63, 3.8) is 0 Å². The van der Waals surface area contributed by atoms with Crippen LogP contribution in [0, 0.1) is 17.8 Å². The minimum Gasteiger partial charge on any atom is -0.497 e. The van der Waals surface area contributed by atoms with Crippen LogP contribution in [0.15, 0.2) is 18.2 Å². The van der Waals surface area contributed by atoms with E-state index in [4.69, 9.17) is 9.47 Å². The molecule has 7 nitrogen and oxygen atoms in total. The van der Waals surface area contributed by atoms with Crippen LogP contribution in [0.5, 0.6) is 11.5 Å². The van der Waals surface area contributed by atoms with E-state index in [1.165, 1.54) is 0 Å². The highest BCUT2D eigenvalue weighted by Gasteiger charge is 2.57. The van der Waals surface area contributed by atoms with Gasteiger partial charge >= 0.3 is 0 Å². The Morgan fingerprint density at radius 3 is 2.90 bits per heavy atom. The molecule has 3 saturated carbocycles. The van der Waals surface area contributed by atoms with Crippen molar-refractivity contribution in [2.45, 2.75) is 37.8 Å². The summed E-state index contributed by atoms with van der Waals surface area (Å²) in [5.41, 5.74) is -0.172.